The molecule has 190 valence electrons. The van der Waals surface area contributed by atoms with Crippen LogP contribution in [0.2, 0.25) is 10.0 Å². The van der Waals surface area contributed by atoms with E-state index in [0.29, 0.717) is 21.2 Å². The highest BCUT2D eigenvalue weighted by Gasteiger charge is 2.41. The zero-order chi connectivity index (χ0) is 26.9. The molecule has 2 atom stereocenters. The SMILES string of the molecule is CN(C(=O)c1ccc(C(F)(F)F)nc1)[C@@H]1CN(C(=O)c2ccc(C#N)cc2)C[C@H]1c1ccc(Cl)c(Cl)c1. The summed E-state index contributed by atoms with van der Waals surface area (Å²) in [7, 11) is 1.53. The largest absolute Gasteiger partial charge is 0.433 e. The van der Waals surface area contributed by atoms with Crippen LogP contribution in [0.3, 0.4) is 0 Å². The predicted octanol–water partition coefficient (Wildman–Crippen LogP) is 5.66. The average Bonchev–Trinajstić information content (AvgIpc) is 3.34. The number of amides is 2. The van der Waals surface area contributed by atoms with Crippen LogP contribution in [0.4, 0.5) is 13.2 Å². The third kappa shape index (κ3) is 5.55. The summed E-state index contributed by atoms with van der Waals surface area (Å²) in [5.41, 5.74) is 0.439. The van der Waals surface area contributed by atoms with Crippen molar-refractivity contribution in [3.63, 3.8) is 0 Å². The summed E-state index contributed by atoms with van der Waals surface area (Å²) in [5, 5.41) is 9.68. The van der Waals surface area contributed by atoms with Gasteiger partial charge in [-0.2, -0.15) is 18.4 Å². The highest BCUT2D eigenvalue weighted by Crippen LogP contribution is 2.35. The molecule has 0 aliphatic carbocycles. The van der Waals surface area contributed by atoms with Crippen molar-refractivity contribution in [2.24, 2.45) is 0 Å². The van der Waals surface area contributed by atoms with E-state index in [0.717, 1.165) is 23.9 Å². The maximum atomic E-state index is 13.3. The molecular weight excluding hydrogens is 528 g/mol. The lowest BCUT2D eigenvalue weighted by atomic mass is 9.93. The normalized spacial score (nSPS) is 17.4. The number of likely N-dealkylation sites (tertiary alicyclic amines) is 1. The van der Waals surface area contributed by atoms with E-state index in [-0.39, 0.29) is 30.5 Å². The number of aromatic nitrogens is 1. The van der Waals surface area contributed by atoms with Gasteiger partial charge >= 0.3 is 6.18 Å². The van der Waals surface area contributed by atoms with Crippen molar-refractivity contribution < 1.29 is 22.8 Å². The first-order valence-electron chi connectivity index (χ1n) is 11.0. The summed E-state index contributed by atoms with van der Waals surface area (Å²) >= 11 is 12.3. The number of hydrogen-bond acceptors (Lipinski definition) is 4. The van der Waals surface area contributed by atoms with Gasteiger partial charge in [0.1, 0.15) is 5.69 Å². The predicted molar refractivity (Wildman–Crippen MR) is 131 cm³/mol. The zero-order valence-electron chi connectivity index (χ0n) is 19.3. The second-order valence-corrected chi connectivity index (χ2v) is 9.41. The number of rotatable bonds is 4. The lowest BCUT2D eigenvalue weighted by Crippen LogP contribution is -2.42. The quantitative estimate of drug-likeness (QED) is 0.423. The number of benzene rings is 2. The summed E-state index contributed by atoms with van der Waals surface area (Å²) in [6.07, 6.45) is -3.73. The number of nitrogens with zero attached hydrogens (tertiary/aromatic N) is 4. The molecule has 0 unspecified atom stereocenters. The van der Waals surface area contributed by atoms with Crippen molar-refractivity contribution in [1.29, 1.82) is 5.26 Å². The van der Waals surface area contributed by atoms with Gasteiger partial charge in [0.25, 0.3) is 11.8 Å². The number of halogens is 5. The van der Waals surface area contributed by atoms with Crippen LogP contribution in [0, 0.1) is 11.3 Å². The van der Waals surface area contributed by atoms with Crippen molar-refractivity contribution in [2.75, 3.05) is 20.1 Å². The molecule has 2 aromatic carbocycles. The van der Waals surface area contributed by atoms with E-state index in [9.17, 15) is 22.8 Å². The van der Waals surface area contributed by atoms with Crippen LogP contribution in [0.5, 0.6) is 0 Å². The molecule has 4 rings (SSSR count). The molecule has 2 heterocycles. The Morgan fingerprint density at radius 1 is 1.03 bits per heavy atom. The highest BCUT2D eigenvalue weighted by molar-refractivity contribution is 6.42. The lowest BCUT2D eigenvalue weighted by molar-refractivity contribution is -0.141. The highest BCUT2D eigenvalue weighted by atomic mass is 35.5. The molecule has 1 aliphatic heterocycles. The Kier molecular flexibility index (Phi) is 7.44. The van der Waals surface area contributed by atoms with Gasteiger partial charge in [-0.15, -0.1) is 0 Å². The average molecular weight is 547 g/mol. The van der Waals surface area contributed by atoms with Gasteiger partial charge < -0.3 is 9.80 Å². The van der Waals surface area contributed by atoms with E-state index in [1.165, 1.54) is 11.9 Å². The van der Waals surface area contributed by atoms with Crippen LogP contribution in [0.25, 0.3) is 0 Å². The smallest absolute Gasteiger partial charge is 0.336 e. The minimum absolute atomic E-state index is 0.0137. The Hall–Kier alpha value is -3.61. The summed E-state index contributed by atoms with van der Waals surface area (Å²) in [5.74, 6) is -1.17. The number of likely N-dealkylation sites (N-methyl/N-ethyl adjacent to an activating group) is 1. The number of alkyl halides is 3. The van der Waals surface area contributed by atoms with Gasteiger partial charge in [-0.1, -0.05) is 29.3 Å². The summed E-state index contributed by atoms with van der Waals surface area (Å²) < 4.78 is 38.7. The van der Waals surface area contributed by atoms with E-state index in [4.69, 9.17) is 28.5 Å². The van der Waals surface area contributed by atoms with E-state index in [1.807, 2.05) is 6.07 Å². The topological polar surface area (TPSA) is 77.3 Å². The standard InChI is InChI=1S/C26H19Cl2F3N4O2/c1-34(24(36)18-7-9-23(33-12-18)26(29,30)31)22-14-35(25(37)16-4-2-15(11-32)3-5-16)13-19(22)17-6-8-20(27)21(28)10-17/h2-10,12,19,22H,13-14H2,1H3/t19-,22+/m0/s1. The third-order valence-electron chi connectivity index (χ3n) is 6.33. The number of carbonyl (C=O) groups excluding carboxylic acids is 2. The number of nitriles is 1. The first kappa shape index (κ1) is 26.5. The summed E-state index contributed by atoms with van der Waals surface area (Å²) in [4.78, 5) is 32.9. The lowest BCUT2D eigenvalue weighted by Gasteiger charge is -2.29. The van der Waals surface area contributed by atoms with Crippen LogP contribution >= 0.6 is 23.2 Å². The number of hydrogen-bond donors (Lipinski definition) is 0. The first-order chi connectivity index (χ1) is 17.5. The van der Waals surface area contributed by atoms with Gasteiger partial charge in [-0.05, 0) is 54.1 Å². The molecule has 0 N–H and O–H groups in total. The maximum absolute atomic E-state index is 13.3. The maximum Gasteiger partial charge on any atom is 0.433 e. The molecule has 2 amide bonds. The van der Waals surface area contributed by atoms with Crippen LogP contribution in [0.15, 0.2) is 60.8 Å². The molecule has 6 nitrogen and oxygen atoms in total. The van der Waals surface area contributed by atoms with Gasteiger partial charge in [0, 0.05) is 37.8 Å². The van der Waals surface area contributed by atoms with E-state index >= 15 is 0 Å². The molecule has 0 bridgehead atoms. The minimum atomic E-state index is -4.62. The second kappa shape index (κ2) is 10.4. The molecule has 1 aromatic heterocycles. The molecule has 37 heavy (non-hydrogen) atoms. The minimum Gasteiger partial charge on any atom is -0.336 e. The van der Waals surface area contributed by atoms with Gasteiger partial charge in [-0.3, -0.25) is 14.6 Å². The zero-order valence-corrected chi connectivity index (χ0v) is 20.8. The molecule has 1 aliphatic rings. The molecule has 3 aromatic rings. The van der Waals surface area contributed by atoms with Gasteiger partial charge in [0.05, 0.1) is 33.3 Å². The van der Waals surface area contributed by atoms with Crippen LogP contribution in [-0.4, -0.2) is 52.8 Å². The first-order valence-corrected chi connectivity index (χ1v) is 11.8. The van der Waals surface area contributed by atoms with E-state index in [2.05, 4.69) is 4.98 Å². The Balaban J connectivity index is 1.64. The second-order valence-electron chi connectivity index (χ2n) is 8.59. The van der Waals surface area contributed by atoms with Crippen molar-refractivity contribution in [2.45, 2.75) is 18.1 Å². The molecule has 0 saturated carbocycles. The summed E-state index contributed by atoms with van der Waals surface area (Å²) in [6, 6.07) is 14.6. The molecule has 1 fully saturated rings. The van der Waals surface area contributed by atoms with Crippen LogP contribution in [0.1, 0.15) is 43.5 Å². The Bertz CT molecular complexity index is 1370. The Labute approximate surface area is 220 Å². The number of pyridine rings is 1. The van der Waals surface area contributed by atoms with Crippen molar-refractivity contribution in [3.8, 4) is 6.07 Å². The molecule has 1 saturated heterocycles. The molecular formula is C26H19Cl2F3N4O2. The van der Waals surface area contributed by atoms with Gasteiger partial charge in [-0.25, -0.2) is 0 Å². The van der Waals surface area contributed by atoms with Gasteiger partial charge in [0.2, 0.25) is 0 Å². The van der Waals surface area contributed by atoms with E-state index < -0.39 is 23.8 Å². The van der Waals surface area contributed by atoms with Crippen molar-refractivity contribution in [1.82, 2.24) is 14.8 Å². The monoisotopic (exact) mass is 546 g/mol. The third-order valence-corrected chi connectivity index (χ3v) is 7.07. The fourth-order valence-corrected chi connectivity index (χ4v) is 4.63. The molecule has 0 spiro atoms. The van der Waals surface area contributed by atoms with Crippen molar-refractivity contribution >= 4 is 35.0 Å². The fourth-order valence-electron chi connectivity index (χ4n) is 4.33. The van der Waals surface area contributed by atoms with Crippen LogP contribution < -0.4 is 0 Å². The van der Waals surface area contributed by atoms with Crippen molar-refractivity contribution in [3.05, 3.63) is 98.8 Å². The van der Waals surface area contributed by atoms with Gasteiger partial charge in [0.15, 0.2) is 0 Å². The Morgan fingerprint density at radius 3 is 2.27 bits per heavy atom. The molecule has 0 radical (unpaired) electrons. The fraction of sp³-hybridized carbons (Fsp3) is 0.231. The van der Waals surface area contributed by atoms with E-state index in [1.54, 1.807) is 47.4 Å². The molecule has 11 heteroatoms. The number of carbonyl (C=O) groups is 2. The Morgan fingerprint density at radius 2 is 1.70 bits per heavy atom. The van der Waals surface area contributed by atoms with Crippen LogP contribution in [-0.2, 0) is 6.18 Å². The summed E-state index contributed by atoms with van der Waals surface area (Å²) in [6.45, 7) is 0.421.